The van der Waals surface area contributed by atoms with Gasteiger partial charge in [0.05, 0.1) is 6.61 Å². The largest absolute Gasteiger partial charge is 0.494 e. The van der Waals surface area contributed by atoms with Gasteiger partial charge in [0.15, 0.2) is 0 Å². The highest BCUT2D eigenvalue weighted by Gasteiger charge is 2.06. The number of aryl methyl sites for hydroxylation is 2. The lowest BCUT2D eigenvalue weighted by atomic mass is 10.0. The summed E-state index contributed by atoms with van der Waals surface area (Å²) >= 11 is 0. The summed E-state index contributed by atoms with van der Waals surface area (Å²) in [5, 5.41) is 0. The van der Waals surface area contributed by atoms with Gasteiger partial charge in [-0.05, 0) is 79.6 Å². The molecule has 35 heavy (non-hydrogen) atoms. The molecule has 0 amide bonds. The Labute approximate surface area is 208 Å². The Balaban J connectivity index is 1.12. The number of ether oxygens (including phenoxy) is 2. The lowest BCUT2D eigenvalue weighted by Crippen LogP contribution is -2.07. The van der Waals surface area contributed by atoms with Gasteiger partial charge in [-0.25, -0.2) is 0 Å². The molecule has 0 aliphatic rings. The van der Waals surface area contributed by atoms with Crippen LogP contribution in [-0.4, -0.2) is 12.6 Å². The highest BCUT2D eigenvalue weighted by Crippen LogP contribution is 2.24. The monoisotopic (exact) mass is 464 g/mol. The van der Waals surface area contributed by atoms with Gasteiger partial charge in [0.25, 0.3) is 0 Å². The number of carbonyl (C=O) groups is 1. The third kappa shape index (κ3) is 7.31. The maximum absolute atomic E-state index is 12.2. The molecule has 0 radical (unpaired) electrons. The number of unbranched alkanes of at least 4 members (excludes halogenated alkanes) is 2. The molecule has 0 heterocycles. The smallest absolute Gasteiger partial charge is 0.311 e. The van der Waals surface area contributed by atoms with Crippen molar-refractivity contribution in [2.75, 3.05) is 6.61 Å². The van der Waals surface area contributed by atoms with E-state index in [-0.39, 0.29) is 5.97 Å². The van der Waals surface area contributed by atoms with Gasteiger partial charge in [-0.15, -0.1) is 0 Å². The van der Waals surface area contributed by atoms with Crippen LogP contribution in [0.5, 0.6) is 11.5 Å². The summed E-state index contributed by atoms with van der Waals surface area (Å²) in [5.74, 6) is 1.26. The number of benzene rings is 4. The SMILES string of the molecule is Cc1ccc(-c2ccc(OCCCCCC(=O)Oc3ccc(-c4ccc(C)cc4)cc3)cc2)cc1. The molecular weight excluding hydrogens is 432 g/mol. The zero-order valence-corrected chi connectivity index (χ0v) is 20.5. The Morgan fingerprint density at radius 1 is 0.543 bits per heavy atom. The van der Waals surface area contributed by atoms with Gasteiger partial charge in [0.2, 0.25) is 0 Å². The number of esters is 1. The fourth-order valence-corrected chi connectivity index (χ4v) is 3.87. The molecule has 0 bridgehead atoms. The fourth-order valence-electron chi connectivity index (χ4n) is 3.87. The number of hydrogen-bond donors (Lipinski definition) is 0. The summed E-state index contributed by atoms with van der Waals surface area (Å²) in [6.07, 6.45) is 3.02. The van der Waals surface area contributed by atoms with Crippen molar-refractivity contribution in [3.63, 3.8) is 0 Å². The average Bonchev–Trinajstić information content (AvgIpc) is 2.88. The van der Waals surface area contributed by atoms with E-state index in [9.17, 15) is 4.79 Å². The first kappa shape index (κ1) is 24.3. The topological polar surface area (TPSA) is 35.5 Å². The average molecular weight is 465 g/mol. The summed E-state index contributed by atoms with van der Waals surface area (Å²) in [6, 6.07) is 32.8. The van der Waals surface area contributed by atoms with Gasteiger partial charge in [-0.3, -0.25) is 4.79 Å². The van der Waals surface area contributed by atoms with E-state index >= 15 is 0 Å². The lowest BCUT2D eigenvalue weighted by Gasteiger charge is -2.08. The second-order valence-electron chi connectivity index (χ2n) is 8.91. The van der Waals surface area contributed by atoms with Gasteiger partial charge in [-0.2, -0.15) is 0 Å². The third-order valence-corrected chi connectivity index (χ3v) is 6.00. The number of rotatable bonds is 10. The summed E-state index contributed by atoms with van der Waals surface area (Å²) in [7, 11) is 0. The second kappa shape index (κ2) is 12.0. The minimum Gasteiger partial charge on any atom is -0.494 e. The first-order valence-corrected chi connectivity index (χ1v) is 12.2. The zero-order chi connectivity index (χ0) is 24.5. The Morgan fingerprint density at radius 2 is 0.971 bits per heavy atom. The molecule has 4 rings (SSSR count). The van der Waals surface area contributed by atoms with Crippen molar-refractivity contribution in [2.45, 2.75) is 39.5 Å². The Bertz CT molecular complexity index is 1210. The molecule has 0 aliphatic carbocycles. The normalized spacial score (nSPS) is 10.7. The molecule has 0 aromatic heterocycles. The van der Waals surface area contributed by atoms with Crippen LogP contribution in [0.3, 0.4) is 0 Å². The van der Waals surface area contributed by atoms with Crippen molar-refractivity contribution in [1.29, 1.82) is 0 Å². The van der Waals surface area contributed by atoms with E-state index < -0.39 is 0 Å². The van der Waals surface area contributed by atoms with Crippen molar-refractivity contribution >= 4 is 5.97 Å². The van der Waals surface area contributed by atoms with E-state index in [1.54, 1.807) is 0 Å². The van der Waals surface area contributed by atoms with E-state index in [1.165, 1.54) is 22.3 Å². The number of hydrogen-bond acceptors (Lipinski definition) is 3. The Kier molecular flexibility index (Phi) is 8.34. The standard InChI is InChI=1S/C32H32O3/c1-24-7-11-26(12-8-24)28-15-19-30(20-16-28)34-23-5-3-4-6-32(33)35-31-21-17-29(18-22-31)27-13-9-25(2)10-14-27/h7-22H,3-6,23H2,1-2H3. The van der Waals surface area contributed by atoms with E-state index in [0.29, 0.717) is 18.8 Å². The lowest BCUT2D eigenvalue weighted by molar-refractivity contribution is -0.134. The molecule has 178 valence electrons. The van der Waals surface area contributed by atoms with Gasteiger partial charge in [0, 0.05) is 6.42 Å². The summed E-state index contributed by atoms with van der Waals surface area (Å²) < 4.78 is 11.3. The molecule has 3 heteroatoms. The molecule has 0 unspecified atom stereocenters. The predicted octanol–water partition coefficient (Wildman–Crippen LogP) is 8.18. The molecule has 0 atom stereocenters. The highest BCUT2D eigenvalue weighted by atomic mass is 16.5. The van der Waals surface area contributed by atoms with Crippen LogP contribution in [0.15, 0.2) is 97.1 Å². The van der Waals surface area contributed by atoms with Crippen LogP contribution in [0.2, 0.25) is 0 Å². The molecule has 0 spiro atoms. The minimum atomic E-state index is -0.194. The van der Waals surface area contributed by atoms with Crippen molar-refractivity contribution in [3.05, 3.63) is 108 Å². The van der Waals surface area contributed by atoms with Crippen LogP contribution in [-0.2, 0) is 4.79 Å². The Morgan fingerprint density at radius 3 is 1.46 bits per heavy atom. The minimum absolute atomic E-state index is 0.194. The van der Waals surface area contributed by atoms with Crippen LogP contribution in [0.1, 0.15) is 36.8 Å². The molecule has 3 nitrogen and oxygen atoms in total. The van der Waals surface area contributed by atoms with E-state index in [2.05, 4.69) is 74.5 Å². The molecule has 4 aromatic carbocycles. The van der Waals surface area contributed by atoms with Crippen molar-refractivity contribution in [3.8, 4) is 33.8 Å². The molecule has 0 aliphatic heterocycles. The van der Waals surface area contributed by atoms with Crippen LogP contribution in [0.25, 0.3) is 22.3 Å². The first-order valence-electron chi connectivity index (χ1n) is 12.2. The fraction of sp³-hybridized carbons (Fsp3) is 0.219. The van der Waals surface area contributed by atoms with Crippen molar-refractivity contribution < 1.29 is 14.3 Å². The van der Waals surface area contributed by atoms with Crippen LogP contribution in [0, 0.1) is 13.8 Å². The zero-order valence-electron chi connectivity index (χ0n) is 20.5. The molecular formula is C32H32O3. The highest BCUT2D eigenvalue weighted by molar-refractivity contribution is 5.73. The quantitative estimate of drug-likeness (QED) is 0.135. The molecule has 0 N–H and O–H groups in total. The maximum atomic E-state index is 12.2. The van der Waals surface area contributed by atoms with Crippen molar-refractivity contribution in [1.82, 2.24) is 0 Å². The second-order valence-corrected chi connectivity index (χ2v) is 8.91. The summed E-state index contributed by atoms with van der Waals surface area (Å²) in [6.45, 7) is 4.80. The molecule has 0 fully saturated rings. The van der Waals surface area contributed by atoms with Gasteiger partial charge < -0.3 is 9.47 Å². The van der Waals surface area contributed by atoms with Gasteiger partial charge in [-0.1, -0.05) is 83.9 Å². The van der Waals surface area contributed by atoms with E-state index in [1.807, 2.05) is 36.4 Å². The molecule has 0 saturated heterocycles. The van der Waals surface area contributed by atoms with E-state index in [0.717, 1.165) is 36.1 Å². The number of carbonyl (C=O) groups excluding carboxylic acids is 1. The third-order valence-electron chi connectivity index (χ3n) is 6.00. The van der Waals surface area contributed by atoms with Crippen LogP contribution in [0.4, 0.5) is 0 Å². The van der Waals surface area contributed by atoms with Crippen LogP contribution >= 0.6 is 0 Å². The van der Waals surface area contributed by atoms with Crippen molar-refractivity contribution in [2.24, 2.45) is 0 Å². The van der Waals surface area contributed by atoms with Gasteiger partial charge >= 0.3 is 5.97 Å². The van der Waals surface area contributed by atoms with Crippen LogP contribution < -0.4 is 9.47 Å². The van der Waals surface area contributed by atoms with E-state index in [4.69, 9.17) is 9.47 Å². The summed E-state index contributed by atoms with van der Waals surface area (Å²) in [4.78, 5) is 12.2. The van der Waals surface area contributed by atoms with Gasteiger partial charge in [0.1, 0.15) is 11.5 Å². The predicted molar refractivity (Wildman–Crippen MR) is 143 cm³/mol. The maximum Gasteiger partial charge on any atom is 0.311 e. The molecule has 0 saturated carbocycles. The first-order chi connectivity index (χ1) is 17.1. The summed E-state index contributed by atoms with van der Waals surface area (Å²) in [5.41, 5.74) is 7.14. The Hall–Kier alpha value is -3.85. The molecule has 4 aromatic rings.